The minimum absolute atomic E-state index is 0.0441. The third kappa shape index (κ3) is 19.3. The van der Waals surface area contributed by atoms with Crippen LogP contribution in [0.5, 0.6) is 5.75 Å². The molecule has 0 unspecified atom stereocenters. The van der Waals surface area contributed by atoms with E-state index in [1.54, 1.807) is 42.7 Å². The summed E-state index contributed by atoms with van der Waals surface area (Å²) in [4.78, 5) is 143. The van der Waals surface area contributed by atoms with Crippen LogP contribution in [-0.4, -0.2) is 191 Å². The van der Waals surface area contributed by atoms with Gasteiger partial charge < -0.3 is 88.7 Å². The SMILES string of the molecule is CNC(=O)[C@@H]1CCCN1C(=O)[C@H](CCCN=C(N)N)NC(=O)[C@H](CC(C)C)NC(=O)[C@@H](Cc1c[nH]c2ccccc12)NC(=O)[C@H](Cc1ccc(O)cc1)NC(=O)[C@H](CO)NC(=O)[C@H](Cc1c[nH]c2ccccc12)NC(=O)[C@H](Cc1ccccc1)NC(=O)N1CCOCC1. The lowest BCUT2D eigenvalue weighted by molar-refractivity contribution is -0.142. The van der Waals surface area contributed by atoms with Crippen molar-refractivity contribution in [1.82, 2.24) is 62.3 Å². The summed E-state index contributed by atoms with van der Waals surface area (Å²) >= 11 is 0. The molecule has 6 aromatic rings. The minimum Gasteiger partial charge on any atom is -0.508 e. The molecule has 2 aromatic heterocycles. The van der Waals surface area contributed by atoms with E-state index in [2.05, 4.69) is 57.5 Å². The Kier molecular flexibility index (Phi) is 24.7. The number of hydrogen-bond donors (Lipinski definition) is 14. The van der Waals surface area contributed by atoms with E-state index in [4.69, 9.17) is 16.2 Å². The maximum absolute atomic E-state index is 15.1. The van der Waals surface area contributed by atoms with Crippen molar-refractivity contribution in [2.24, 2.45) is 22.4 Å². The number of aliphatic hydroxyl groups excluding tert-OH is 1. The van der Waals surface area contributed by atoms with Gasteiger partial charge in [-0.3, -0.25) is 43.3 Å². The number of benzene rings is 4. The van der Waals surface area contributed by atoms with Gasteiger partial charge >= 0.3 is 6.03 Å². The number of amides is 10. The molecule has 0 bridgehead atoms. The van der Waals surface area contributed by atoms with Crippen LogP contribution in [0.25, 0.3) is 21.8 Å². The fraction of sp³-hybridized carbons (Fsp3) is 0.424. The number of aromatic amines is 2. The van der Waals surface area contributed by atoms with Gasteiger partial charge in [0.05, 0.1) is 19.8 Å². The van der Waals surface area contributed by atoms with Crippen LogP contribution in [0.3, 0.4) is 0 Å². The molecule has 0 spiro atoms. The van der Waals surface area contributed by atoms with Gasteiger partial charge in [0.15, 0.2) is 5.96 Å². The molecule has 4 heterocycles. The van der Waals surface area contributed by atoms with Gasteiger partial charge in [0.1, 0.15) is 54.1 Å². The van der Waals surface area contributed by atoms with Crippen molar-refractivity contribution >= 4 is 81.1 Å². The van der Waals surface area contributed by atoms with E-state index in [1.165, 1.54) is 41.1 Å². The molecule has 27 heteroatoms. The lowest BCUT2D eigenvalue weighted by Gasteiger charge is -2.30. The second-order valence-corrected chi connectivity index (χ2v) is 23.7. The van der Waals surface area contributed by atoms with Crippen LogP contribution in [0.4, 0.5) is 4.79 Å². The van der Waals surface area contributed by atoms with Gasteiger partial charge in [0, 0.05) is 93.1 Å². The number of phenolic OH excluding ortho intramolecular Hbond substituents is 1. The van der Waals surface area contributed by atoms with Crippen LogP contribution < -0.4 is 54.0 Å². The number of nitrogens with zero attached hydrogens (tertiary/aromatic N) is 3. The number of carbonyl (C=O) groups is 9. The highest BCUT2D eigenvalue weighted by molar-refractivity contribution is 5.99. The molecular formula is C66H85N15O12. The number of aliphatic hydroxyl groups is 1. The molecule has 27 nitrogen and oxygen atoms in total. The quantitative estimate of drug-likeness (QED) is 0.0168. The average Bonchev–Trinajstić information content (AvgIpc) is 1.87. The van der Waals surface area contributed by atoms with Crippen molar-refractivity contribution < 1.29 is 58.1 Å². The number of hydrogen-bond acceptors (Lipinski definition) is 13. The summed E-state index contributed by atoms with van der Waals surface area (Å²) < 4.78 is 5.43. The summed E-state index contributed by atoms with van der Waals surface area (Å²) in [5.41, 5.74) is 15.0. The number of nitrogens with one attached hydrogen (secondary N) is 10. The van der Waals surface area contributed by atoms with Crippen LogP contribution in [-0.2, 0) is 68.8 Å². The van der Waals surface area contributed by atoms with E-state index in [0.717, 1.165) is 21.8 Å². The van der Waals surface area contributed by atoms with E-state index >= 15 is 9.59 Å². The summed E-state index contributed by atoms with van der Waals surface area (Å²) in [6.45, 7) is 4.29. The maximum atomic E-state index is 15.1. The number of para-hydroxylation sites is 2. The lowest BCUT2D eigenvalue weighted by Crippen LogP contribution is -2.61. The van der Waals surface area contributed by atoms with Crippen molar-refractivity contribution in [1.29, 1.82) is 0 Å². The maximum Gasteiger partial charge on any atom is 0.318 e. The van der Waals surface area contributed by atoms with Crippen LogP contribution in [0.1, 0.15) is 68.2 Å². The Balaban J connectivity index is 1.05. The molecule has 2 fully saturated rings. The highest BCUT2D eigenvalue weighted by atomic mass is 16.5. The molecule has 8 atom stereocenters. The number of fused-ring (bicyclic) bond motifs is 2. The Labute approximate surface area is 538 Å². The number of likely N-dealkylation sites (N-methyl/N-ethyl adjacent to an activating group) is 1. The van der Waals surface area contributed by atoms with Crippen molar-refractivity contribution in [2.75, 3.05) is 53.0 Å². The number of aliphatic imine (C=N–C) groups is 1. The fourth-order valence-electron chi connectivity index (χ4n) is 11.6. The monoisotopic (exact) mass is 1280 g/mol. The van der Waals surface area contributed by atoms with Gasteiger partial charge in [-0.25, -0.2) is 4.79 Å². The summed E-state index contributed by atoms with van der Waals surface area (Å²) in [6.07, 6.45) is 4.26. The van der Waals surface area contributed by atoms with E-state index in [-0.39, 0.29) is 81.6 Å². The second kappa shape index (κ2) is 33.3. The van der Waals surface area contributed by atoms with Crippen molar-refractivity contribution in [3.63, 3.8) is 0 Å². The van der Waals surface area contributed by atoms with Gasteiger partial charge in [-0.2, -0.15) is 0 Å². The summed E-state index contributed by atoms with van der Waals surface area (Å²) in [5.74, 6) is -6.40. The van der Waals surface area contributed by atoms with Gasteiger partial charge in [-0.1, -0.05) is 92.7 Å². The molecule has 16 N–H and O–H groups in total. The molecular weight excluding hydrogens is 1190 g/mol. The van der Waals surface area contributed by atoms with Crippen LogP contribution >= 0.6 is 0 Å². The largest absolute Gasteiger partial charge is 0.508 e. The number of morpholine rings is 1. The Morgan fingerprint density at radius 2 is 1.06 bits per heavy atom. The number of aromatic hydroxyl groups is 1. The molecule has 10 amide bonds. The van der Waals surface area contributed by atoms with Crippen LogP contribution in [0, 0.1) is 5.92 Å². The molecule has 4 aromatic carbocycles. The average molecular weight is 1280 g/mol. The molecule has 8 rings (SSSR count). The third-order valence-electron chi connectivity index (χ3n) is 16.5. The first-order valence-electron chi connectivity index (χ1n) is 31.3. The zero-order valence-electron chi connectivity index (χ0n) is 52.5. The number of rotatable bonds is 30. The highest BCUT2D eigenvalue weighted by Crippen LogP contribution is 2.24. The van der Waals surface area contributed by atoms with Gasteiger partial charge in [0.25, 0.3) is 0 Å². The predicted molar refractivity (Wildman–Crippen MR) is 348 cm³/mol. The standard InChI is InChI=1S/C66H85N15O12/c1-39(2)31-50(57(84)73-49(19-11-25-70-65(67)68)64(91)81-26-12-20-56(81)63(90)69-3)74-60(87)53(34-42-36-71-47-17-9-7-15-45(42)47)76-58(85)51(33-41-21-23-44(83)24-22-41)75-62(89)55(38-82)78-61(88)54(35-43-37-72-48-18-10-8-16-46(43)48)77-59(86)52(32-40-13-5-4-6-14-40)79-66(92)80-27-29-93-30-28-80/h4-10,13-18,21-24,36-37,39,49-56,71-72,82-83H,11-12,19-20,25-35,38H2,1-3H3,(H,69,90)(H,73,84)(H,74,87)(H,75,89)(H,76,85)(H,77,86)(H,78,88)(H,79,92)(H4,67,68,70)/t49-,50-,51-,52-,53+,54-,55-,56-/m0/s1. The number of phenols is 1. The topological polar surface area (TPSA) is 402 Å². The molecule has 2 saturated heterocycles. The van der Waals surface area contributed by atoms with Gasteiger partial charge in [0.2, 0.25) is 47.3 Å². The van der Waals surface area contributed by atoms with Crippen LogP contribution in [0.15, 0.2) is 121 Å². The number of guanidine groups is 1. The van der Waals surface area contributed by atoms with E-state index < -0.39 is 102 Å². The normalized spacial score (nSPS) is 16.2. The molecule has 496 valence electrons. The number of carbonyl (C=O) groups excluding carboxylic acids is 9. The van der Waals surface area contributed by atoms with Crippen molar-refractivity contribution in [3.8, 4) is 5.75 Å². The molecule has 2 aliphatic heterocycles. The van der Waals surface area contributed by atoms with Gasteiger partial charge in [-0.05, 0) is 84.5 Å². The number of nitrogens with two attached hydrogens (primary N) is 2. The Morgan fingerprint density at radius 1 is 0.591 bits per heavy atom. The smallest absolute Gasteiger partial charge is 0.318 e. The number of urea groups is 1. The Hall–Kier alpha value is -10.0. The Morgan fingerprint density at radius 3 is 1.60 bits per heavy atom. The molecule has 2 aliphatic rings. The Bertz CT molecular complexity index is 3590. The first-order chi connectivity index (χ1) is 44.8. The number of H-pyrrole nitrogens is 2. The van der Waals surface area contributed by atoms with Crippen LogP contribution in [0.2, 0.25) is 0 Å². The van der Waals surface area contributed by atoms with Crippen molar-refractivity contribution in [3.05, 3.63) is 138 Å². The summed E-state index contributed by atoms with van der Waals surface area (Å²) in [5, 5.41) is 44.7. The highest BCUT2D eigenvalue weighted by Gasteiger charge is 2.40. The molecule has 93 heavy (non-hydrogen) atoms. The first-order valence-corrected chi connectivity index (χ1v) is 31.3. The van der Waals surface area contributed by atoms with E-state index in [9.17, 15) is 43.8 Å². The zero-order chi connectivity index (χ0) is 66.6. The van der Waals surface area contributed by atoms with Crippen molar-refractivity contribution in [2.45, 2.75) is 120 Å². The molecule has 0 aliphatic carbocycles. The zero-order valence-corrected chi connectivity index (χ0v) is 52.5. The predicted octanol–water partition coefficient (Wildman–Crippen LogP) is 0.774. The number of ether oxygens (including phenoxy) is 1. The van der Waals surface area contributed by atoms with E-state index in [1.807, 2.05) is 62.4 Å². The summed E-state index contributed by atoms with van der Waals surface area (Å²) in [7, 11) is 1.48. The first kappa shape index (κ1) is 68.9. The van der Waals surface area contributed by atoms with E-state index in [0.29, 0.717) is 61.4 Å². The molecule has 0 radical (unpaired) electrons. The molecule has 0 saturated carbocycles. The second-order valence-electron chi connectivity index (χ2n) is 23.7. The summed E-state index contributed by atoms with van der Waals surface area (Å²) in [6, 6.07) is 18.3. The fourth-order valence-corrected chi connectivity index (χ4v) is 11.6. The van der Waals surface area contributed by atoms with Gasteiger partial charge in [-0.15, -0.1) is 0 Å². The lowest BCUT2D eigenvalue weighted by atomic mass is 9.99. The number of aromatic nitrogens is 2. The third-order valence-corrected chi connectivity index (χ3v) is 16.5. The minimum atomic E-state index is -1.75. The number of likely N-dealkylation sites (tertiary alicyclic amines) is 1.